The first-order valence-corrected chi connectivity index (χ1v) is 4.33. The lowest BCUT2D eigenvalue weighted by atomic mass is 9.89. The first kappa shape index (κ1) is 6.66. The Hall–Kier alpha value is -0.0400. The molecule has 1 nitrogen and oxygen atoms in total. The Morgan fingerprint density at radius 1 is 1.40 bits per heavy atom. The zero-order valence-electron chi connectivity index (χ0n) is 6.80. The molecule has 1 heteroatoms. The maximum Gasteiger partial charge on any atom is 0.0548 e. The molecule has 0 radical (unpaired) electrons. The maximum absolute atomic E-state index is 9.34. The Kier molecular flexibility index (Phi) is 1.17. The van der Waals surface area contributed by atoms with Gasteiger partial charge < -0.3 is 5.11 Å². The van der Waals surface area contributed by atoms with E-state index in [1.54, 1.807) is 0 Å². The van der Waals surface area contributed by atoms with Crippen LogP contribution in [0.5, 0.6) is 0 Å². The predicted molar refractivity (Wildman–Crippen MR) is 40.6 cm³/mol. The molecule has 3 atom stereocenters. The van der Waals surface area contributed by atoms with Gasteiger partial charge in [-0.3, -0.25) is 0 Å². The van der Waals surface area contributed by atoms with Gasteiger partial charge in [-0.2, -0.15) is 0 Å². The zero-order chi connectivity index (χ0) is 7.35. The van der Waals surface area contributed by atoms with E-state index in [9.17, 15) is 5.11 Å². The smallest absolute Gasteiger partial charge is 0.0548 e. The van der Waals surface area contributed by atoms with E-state index in [2.05, 4.69) is 13.8 Å². The molecule has 0 aliphatic heterocycles. The highest BCUT2D eigenvalue weighted by Crippen LogP contribution is 2.67. The topological polar surface area (TPSA) is 20.2 Å². The molecule has 0 unspecified atom stereocenters. The van der Waals surface area contributed by atoms with Crippen LogP contribution in [0, 0.1) is 17.3 Å². The van der Waals surface area contributed by atoms with Gasteiger partial charge in [0.05, 0.1) is 6.10 Å². The van der Waals surface area contributed by atoms with Gasteiger partial charge in [-0.15, -0.1) is 0 Å². The molecule has 0 saturated heterocycles. The van der Waals surface area contributed by atoms with Crippen LogP contribution in [-0.4, -0.2) is 11.2 Å². The SMILES string of the molecule is CC(C)[C@]12C[C@@H](O)C[C@@H]1C2. The van der Waals surface area contributed by atoms with Gasteiger partial charge in [0.2, 0.25) is 0 Å². The molecule has 0 aromatic heterocycles. The van der Waals surface area contributed by atoms with Gasteiger partial charge in [0, 0.05) is 0 Å². The highest BCUT2D eigenvalue weighted by Gasteiger charge is 2.60. The third kappa shape index (κ3) is 0.672. The van der Waals surface area contributed by atoms with Crippen LogP contribution >= 0.6 is 0 Å². The molecule has 2 rings (SSSR count). The van der Waals surface area contributed by atoms with Crippen molar-refractivity contribution in [2.45, 2.75) is 39.2 Å². The van der Waals surface area contributed by atoms with Crippen molar-refractivity contribution in [1.29, 1.82) is 0 Å². The van der Waals surface area contributed by atoms with Gasteiger partial charge in [-0.05, 0) is 36.5 Å². The van der Waals surface area contributed by atoms with Gasteiger partial charge in [0.1, 0.15) is 0 Å². The molecule has 0 heterocycles. The first-order chi connectivity index (χ1) is 4.65. The molecule has 1 N–H and O–H groups in total. The largest absolute Gasteiger partial charge is 0.393 e. The van der Waals surface area contributed by atoms with Crippen LogP contribution in [0.3, 0.4) is 0 Å². The fraction of sp³-hybridized carbons (Fsp3) is 1.00. The molecule has 0 aromatic rings. The van der Waals surface area contributed by atoms with Gasteiger partial charge >= 0.3 is 0 Å². The first-order valence-electron chi connectivity index (χ1n) is 4.33. The van der Waals surface area contributed by atoms with Crippen LogP contribution in [0.1, 0.15) is 33.1 Å². The Morgan fingerprint density at radius 2 is 2.10 bits per heavy atom. The summed E-state index contributed by atoms with van der Waals surface area (Å²) in [5.41, 5.74) is 0.583. The number of hydrogen-bond acceptors (Lipinski definition) is 1. The summed E-state index contributed by atoms with van der Waals surface area (Å²) in [6, 6.07) is 0. The minimum absolute atomic E-state index is 0.0288. The van der Waals surface area contributed by atoms with Gasteiger partial charge in [0.15, 0.2) is 0 Å². The number of fused-ring (bicyclic) bond motifs is 1. The second kappa shape index (κ2) is 1.76. The summed E-state index contributed by atoms with van der Waals surface area (Å²) in [5, 5.41) is 9.34. The molecule has 2 aliphatic carbocycles. The van der Waals surface area contributed by atoms with Crippen LogP contribution in [0.25, 0.3) is 0 Å². The lowest BCUT2D eigenvalue weighted by Crippen LogP contribution is -2.12. The van der Waals surface area contributed by atoms with Gasteiger partial charge in [-0.1, -0.05) is 13.8 Å². The van der Waals surface area contributed by atoms with E-state index in [1.165, 1.54) is 6.42 Å². The summed E-state index contributed by atoms with van der Waals surface area (Å²) in [4.78, 5) is 0. The molecule has 0 bridgehead atoms. The van der Waals surface area contributed by atoms with Crippen molar-refractivity contribution in [3.05, 3.63) is 0 Å². The number of aliphatic hydroxyl groups excluding tert-OH is 1. The van der Waals surface area contributed by atoms with Crippen molar-refractivity contribution in [2.75, 3.05) is 0 Å². The summed E-state index contributed by atoms with van der Waals surface area (Å²) < 4.78 is 0. The van der Waals surface area contributed by atoms with Crippen LogP contribution in [0.2, 0.25) is 0 Å². The highest BCUT2D eigenvalue weighted by molar-refractivity contribution is 5.10. The van der Waals surface area contributed by atoms with Crippen molar-refractivity contribution in [2.24, 2.45) is 17.3 Å². The number of aliphatic hydroxyl groups is 1. The van der Waals surface area contributed by atoms with Crippen LogP contribution in [0.4, 0.5) is 0 Å². The number of hydrogen-bond donors (Lipinski definition) is 1. The van der Waals surface area contributed by atoms with E-state index in [1.807, 2.05) is 0 Å². The summed E-state index contributed by atoms with van der Waals surface area (Å²) in [6.45, 7) is 4.58. The summed E-state index contributed by atoms with van der Waals surface area (Å²) in [5.74, 6) is 1.66. The molecule has 2 saturated carbocycles. The Labute approximate surface area is 62.4 Å². The lowest BCUT2D eigenvalue weighted by molar-refractivity contribution is 0.149. The standard InChI is InChI=1S/C9H16O/c1-6(2)9-4-7(9)3-8(10)5-9/h6-8,10H,3-5H2,1-2H3/t7-,8+,9+/m1/s1. The van der Waals surface area contributed by atoms with Crippen molar-refractivity contribution < 1.29 is 5.11 Å². The third-order valence-electron chi connectivity index (χ3n) is 3.60. The Balaban J connectivity index is 2.08. The van der Waals surface area contributed by atoms with E-state index in [4.69, 9.17) is 0 Å². The zero-order valence-corrected chi connectivity index (χ0v) is 6.80. The van der Waals surface area contributed by atoms with E-state index < -0.39 is 0 Å². The molecule has 2 fully saturated rings. The Bertz CT molecular complexity index is 153. The van der Waals surface area contributed by atoms with Crippen molar-refractivity contribution in [3.8, 4) is 0 Å². The molecule has 0 amide bonds. The average Bonchev–Trinajstić information content (AvgIpc) is 2.37. The molecule has 10 heavy (non-hydrogen) atoms. The summed E-state index contributed by atoms with van der Waals surface area (Å²) >= 11 is 0. The van der Waals surface area contributed by atoms with Gasteiger partial charge in [0.25, 0.3) is 0 Å². The normalized spacial score (nSPS) is 51.6. The second-order valence-corrected chi connectivity index (χ2v) is 4.38. The fourth-order valence-corrected chi connectivity index (χ4v) is 2.76. The van der Waals surface area contributed by atoms with E-state index >= 15 is 0 Å². The average molecular weight is 140 g/mol. The molecule has 2 aliphatic rings. The summed E-state index contributed by atoms with van der Waals surface area (Å²) in [7, 11) is 0. The second-order valence-electron chi connectivity index (χ2n) is 4.38. The highest BCUT2D eigenvalue weighted by atomic mass is 16.3. The van der Waals surface area contributed by atoms with E-state index in [0.717, 1.165) is 24.7 Å². The van der Waals surface area contributed by atoms with E-state index in [-0.39, 0.29) is 6.10 Å². The summed E-state index contributed by atoms with van der Waals surface area (Å²) in [6.07, 6.45) is 3.58. The molecule has 0 spiro atoms. The van der Waals surface area contributed by atoms with Crippen molar-refractivity contribution in [1.82, 2.24) is 0 Å². The fourth-order valence-electron chi connectivity index (χ4n) is 2.76. The predicted octanol–water partition coefficient (Wildman–Crippen LogP) is 1.80. The molecule has 58 valence electrons. The van der Waals surface area contributed by atoms with Crippen LogP contribution in [0.15, 0.2) is 0 Å². The van der Waals surface area contributed by atoms with Crippen LogP contribution in [-0.2, 0) is 0 Å². The van der Waals surface area contributed by atoms with Gasteiger partial charge in [-0.25, -0.2) is 0 Å². The minimum Gasteiger partial charge on any atom is -0.393 e. The monoisotopic (exact) mass is 140 g/mol. The lowest BCUT2D eigenvalue weighted by Gasteiger charge is -2.17. The van der Waals surface area contributed by atoms with Crippen molar-refractivity contribution >= 4 is 0 Å². The Morgan fingerprint density at radius 3 is 2.40 bits per heavy atom. The number of rotatable bonds is 1. The van der Waals surface area contributed by atoms with Crippen molar-refractivity contribution in [3.63, 3.8) is 0 Å². The molecular weight excluding hydrogens is 124 g/mol. The maximum atomic E-state index is 9.34. The molecular formula is C9H16O. The quantitative estimate of drug-likeness (QED) is 0.589. The van der Waals surface area contributed by atoms with Crippen LogP contribution < -0.4 is 0 Å². The third-order valence-corrected chi connectivity index (χ3v) is 3.60. The molecule has 0 aromatic carbocycles. The minimum atomic E-state index is 0.0288. The van der Waals surface area contributed by atoms with E-state index in [0.29, 0.717) is 5.41 Å².